The van der Waals surface area contributed by atoms with Gasteiger partial charge in [0.05, 0.1) is 24.7 Å². The van der Waals surface area contributed by atoms with Crippen LogP contribution in [0.1, 0.15) is 121 Å². The number of nitrogens with zero attached hydrogens (tertiary/aromatic N) is 1. The highest BCUT2D eigenvalue weighted by atomic mass is 33.1. The molecule has 0 aromatic rings. The van der Waals surface area contributed by atoms with E-state index in [2.05, 4.69) is 26.6 Å². The molecular weight excluding hydrogens is 931 g/mol. The Balaban J connectivity index is 2.34. The van der Waals surface area contributed by atoms with Crippen LogP contribution in [0.15, 0.2) is 12.2 Å². The second-order valence-corrected chi connectivity index (χ2v) is 25.9. The standard InChI is InChI=1S/C44H75N7O11S4/c1-27(18-21-61-28(2)14-17-36(55)56)47-37(57)30(25-63-65-42(6,7)8)49-40(60)44(23-29(44)13-12-20-46-39(59)32(24-45)51-34(53)15-16-35(51)54)50-38(58)31(26-64-66-43(9,10)11)48-33(52)19-22-62-41(3,4)5/h15-16,27-32H,12-14,17-26,45H2,1-11H3,(H,46,59)(H,47,57)(H,48,52)(H,49,60)(H,50,58)(H,55,56)/t27?,28?,29?,30-,31-,32-,44?/m0/s1. The summed E-state index contributed by atoms with van der Waals surface area (Å²) < 4.78 is 11.2. The van der Waals surface area contributed by atoms with E-state index in [9.17, 15) is 38.4 Å². The van der Waals surface area contributed by atoms with E-state index in [0.29, 0.717) is 25.7 Å². The zero-order valence-electron chi connectivity index (χ0n) is 40.5. The van der Waals surface area contributed by atoms with Crippen LogP contribution >= 0.6 is 43.2 Å². The third kappa shape index (κ3) is 22.4. The average molecular weight is 1010 g/mol. The number of rotatable bonds is 30. The van der Waals surface area contributed by atoms with Gasteiger partial charge in [0.1, 0.15) is 23.7 Å². The third-order valence-corrected chi connectivity index (χ3v) is 16.6. The molecule has 0 saturated heterocycles. The summed E-state index contributed by atoms with van der Waals surface area (Å²) in [5.41, 5.74) is 3.85. The molecule has 2 aliphatic rings. The van der Waals surface area contributed by atoms with Crippen molar-refractivity contribution in [2.45, 2.75) is 172 Å². The Morgan fingerprint density at radius 2 is 1.39 bits per heavy atom. The topological polar surface area (TPSA) is 265 Å². The highest BCUT2D eigenvalue weighted by Crippen LogP contribution is 2.47. The molecule has 0 bridgehead atoms. The average Bonchev–Trinajstić information content (AvgIpc) is 3.79. The van der Waals surface area contributed by atoms with Gasteiger partial charge in [0, 0.05) is 65.3 Å². The van der Waals surface area contributed by atoms with E-state index in [-0.39, 0.29) is 78.7 Å². The number of aliphatic carboxylic acids is 1. The number of carbonyl (C=O) groups is 8. The van der Waals surface area contributed by atoms with Crippen molar-refractivity contribution in [2.75, 3.05) is 37.8 Å². The molecule has 2 rings (SSSR count). The SMILES string of the molecule is CC(CCOC(C)CCC(=O)O)NC(=O)[C@H](CSSC(C)(C)C)NC(=O)C1(NC(=O)[C@H](CSSC(C)(C)C)NC(=O)CCOC(C)(C)C)CC1CCCNC(=O)[C@H](CN)N1C(=O)C=CC1=O. The predicted octanol–water partition coefficient (Wildman–Crippen LogP) is 3.71. The van der Waals surface area contributed by atoms with E-state index in [1.165, 1.54) is 21.6 Å². The Kier molecular flexibility index (Phi) is 24.4. The van der Waals surface area contributed by atoms with Crippen molar-refractivity contribution < 1.29 is 52.9 Å². The molecule has 0 spiro atoms. The molecule has 0 aromatic heterocycles. The molecule has 8 N–H and O–H groups in total. The maximum absolute atomic E-state index is 14.6. The van der Waals surface area contributed by atoms with Crippen molar-refractivity contribution in [3.8, 4) is 0 Å². The molecular formula is C44H75N7O11S4. The summed E-state index contributed by atoms with van der Waals surface area (Å²) in [6.45, 7) is 21.7. The number of amides is 7. The zero-order chi connectivity index (χ0) is 50.0. The number of nitrogens with one attached hydrogen (secondary N) is 5. The first-order chi connectivity index (χ1) is 30.6. The molecule has 18 nitrogen and oxygen atoms in total. The summed E-state index contributed by atoms with van der Waals surface area (Å²) in [7, 11) is 5.94. The van der Waals surface area contributed by atoms with Crippen molar-refractivity contribution in [3.63, 3.8) is 0 Å². The number of carboxylic acids is 1. The van der Waals surface area contributed by atoms with Gasteiger partial charge in [0.15, 0.2) is 0 Å². The minimum atomic E-state index is -1.47. The van der Waals surface area contributed by atoms with Gasteiger partial charge in [-0.15, -0.1) is 0 Å². The molecule has 0 radical (unpaired) electrons. The molecule has 1 fully saturated rings. The van der Waals surface area contributed by atoms with Gasteiger partial charge >= 0.3 is 5.97 Å². The smallest absolute Gasteiger partial charge is 0.303 e. The maximum atomic E-state index is 14.6. The first-order valence-corrected chi connectivity index (χ1v) is 27.1. The Hall–Kier alpha value is -3.02. The summed E-state index contributed by atoms with van der Waals surface area (Å²) in [5, 5.41) is 23.5. The van der Waals surface area contributed by atoms with Crippen LogP contribution in [0.3, 0.4) is 0 Å². The van der Waals surface area contributed by atoms with Gasteiger partial charge in [-0.1, -0.05) is 84.7 Å². The Morgan fingerprint density at radius 1 is 0.818 bits per heavy atom. The Morgan fingerprint density at radius 3 is 1.92 bits per heavy atom. The lowest BCUT2D eigenvalue weighted by Gasteiger charge is -2.28. The van der Waals surface area contributed by atoms with Crippen LogP contribution in [-0.4, -0.2) is 146 Å². The first kappa shape index (κ1) is 59.1. The maximum Gasteiger partial charge on any atom is 0.303 e. The van der Waals surface area contributed by atoms with Crippen molar-refractivity contribution in [2.24, 2.45) is 11.7 Å². The second kappa shape index (κ2) is 27.2. The molecule has 376 valence electrons. The fourth-order valence-electron chi connectivity index (χ4n) is 6.40. The fraction of sp³-hybridized carbons (Fsp3) is 0.773. The lowest BCUT2D eigenvalue weighted by molar-refractivity contribution is -0.145. The van der Waals surface area contributed by atoms with Gasteiger partial charge in [-0.2, -0.15) is 0 Å². The van der Waals surface area contributed by atoms with Gasteiger partial charge in [0.25, 0.3) is 11.8 Å². The van der Waals surface area contributed by atoms with E-state index in [1.54, 1.807) is 28.5 Å². The van der Waals surface area contributed by atoms with E-state index in [1.807, 2.05) is 69.2 Å². The van der Waals surface area contributed by atoms with E-state index in [0.717, 1.165) is 17.1 Å². The normalized spacial score (nSPS) is 19.6. The quantitative estimate of drug-likeness (QED) is 0.0307. The molecule has 4 unspecified atom stereocenters. The molecule has 0 aromatic carbocycles. The fourth-order valence-corrected chi connectivity index (χ4v) is 11.3. The molecule has 1 aliphatic heterocycles. The van der Waals surface area contributed by atoms with Crippen molar-refractivity contribution >= 4 is 90.5 Å². The minimum absolute atomic E-state index is 0.00897. The zero-order valence-corrected chi connectivity index (χ0v) is 43.8. The molecule has 1 saturated carbocycles. The highest BCUT2D eigenvalue weighted by Gasteiger charge is 2.61. The number of carbonyl (C=O) groups excluding carboxylic acids is 7. The van der Waals surface area contributed by atoms with Crippen LogP contribution in [0.25, 0.3) is 0 Å². The molecule has 66 heavy (non-hydrogen) atoms. The van der Waals surface area contributed by atoms with E-state index in [4.69, 9.17) is 20.3 Å². The van der Waals surface area contributed by atoms with Crippen LogP contribution in [0.2, 0.25) is 0 Å². The van der Waals surface area contributed by atoms with Crippen molar-refractivity contribution in [1.82, 2.24) is 31.5 Å². The second-order valence-electron chi connectivity index (χ2n) is 19.6. The summed E-state index contributed by atoms with van der Waals surface area (Å²) >= 11 is 0. The number of imide groups is 1. The highest BCUT2D eigenvalue weighted by molar-refractivity contribution is 8.77. The number of carboxylic acid groups (broad SMARTS) is 1. The van der Waals surface area contributed by atoms with Crippen LogP contribution in [-0.2, 0) is 47.8 Å². The summed E-state index contributed by atoms with van der Waals surface area (Å²) in [5.74, 6) is -4.80. The summed E-state index contributed by atoms with van der Waals surface area (Å²) in [6.07, 6.45) is 3.55. The number of hydrogen-bond acceptors (Lipinski definition) is 15. The Labute approximate surface area is 406 Å². The Bertz CT molecular complexity index is 1700. The van der Waals surface area contributed by atoms with Crippen LogP contribution < -0.4 is 32.3 Å². The number of hydrogen-bond donors (Lipinski definition) is 7. The number of nitrogens with two attached hydrogens (primary N) is 1. The monoisotopic (exact) mass is 1010 g/mol. The predicted molar refractivity (Wildman–Crippen MR) is 263 cm³/mol. The molecule has 1 heterocycles. The molecule has 1 aliphatic carbocycles. The lowest BCUT2D eigenvalue weighted by atomic mass is 10.1. The van der Waals surface area contributed by atoms with Gasteiger partial charge in [-0.25, -0.2) is 0 Å². The summed E-state index contributed by atoms with van der Waals surface area (Å²) in [4.78, 5) is 105. The van der Waals surface area contributed by atoms with Crippen LogP contribution in [0, 0.1) is 5.92 Å². The number of ether oxygens (including phenoxy) is 2. The van der Waals surface area contributed by atoms with Crippen molar-refractivity contribution in [1.29, 1.82) is 0 Å². The molecule has 22 heteroatoms. The first-order valence-electron chi connectivity index (χ1n) is 22.4. The van der Waals surface area contributed by atoms with Gasteiger partial charge < -0.3 is 46.9 Å². The van der Waals surface area contributed by atoms with Gasteiger partial charge in [0.2, 0.25) is 29.5 Å². The van der Waals surface area contributed by atoms with Crippen LogP contribution in [0.5, 0.6) is 0 Å². The van der Waals surface area contributed by atoms with Crippen LogP contribution in [0.4, 0.5) is 0 Å². The largest absolute Gasteiger partial charge is 0.481 e. The minimum Gasteiger partial charge on any atom is -0.481 e. The van der Waals surface area contributed by atoms with E-state index < -0.39 is 82.5 Å². The van der Waals surface area contributed by atoms with E-state index >= 15 is 0 Å². The summed E-state index contributed by atoms with van der Waals surface area (Å²) in [6, 6.07) is -3.60. The lowest BCUT2D eigenvalue weighted by Crippen LogP contribution is -2.60. The third-order valence-electron chi connectivity index (χ3n) is 9.90. The van der Waals surface area contributed by atoms with Gasteiger partial charge in [-0.05, 0) is 72.6 Å². The van der Waals surface area contributed by atoms with Crippen molar-refractivity contribution in [3.05, 3.63) is 12.2 Å². The molecule has 7 amide bonds. The van der Waals surface area contributed by atoms with Gasteiger partial charge in [-0.3, -0.25) is 43.3 Å². The molecule has 7 atom stereocenters.